The Morgan fingerprint density at radius 1 is 1.18 bits per heavy atom. The van der Waals surface area contributed by atoms with Crippen molar-refractivity contribution >= 4 is 29.9 Å². The number of halogens is 4. The summed E-state index contributed by atoms with van der Waals surface area (Å²) in [7, 11) is 0. The van der Waals surface area contributed by atoms with Crippen LogP contribution in [0.4, 0.5) is 13.2 Å². The minimum absolute atomic E-state index is 0. The molecule has 4 nitrogen and oxygen atoms in total. The van der Waals surface area contributed by atoms with Crippen molar-refractivity contribution in [2.75, 3.05) is 32.7 Å². The van der Waals surface area contributed by atoms with E-state index in [1.807, 2.05) is 19.1 Å². The van der Waals surface area contributed by atoms with Crippen LogP contribution in [0.3, 0.4) is 0 Å². The van der Waals surface area contributed by atoms with Gasteiger partial charge in [-0.05, 0) is 63.2 Å². The number of piperidine rings is 1. The van der Waals surface area contributed by atoms with Gasteiger partial charge in [0.2, 0.25) is 0 Å². The molecule has 0 spiro atoms. The largest absolute Gasteiger partial charge is 0.401 e. The van der Waals surface area contributed by atoms with Gasteiger partial charge < -0.3 is 10.6 Å². The van der Waals surface area contributed by atoms with E-state index in [9.17, 15) is 13.2 Å². The number of alkyl halides is 3. The molecule has 1 saturated heterocycles. The molecule has 1 aromatic carbocycles. The Kier molecular flexibility index (Phi) is 11.2. The van der Waals surface area contributed by atoms with Gasteiger partial charge in [-0.3, -0.25) is 4.90 Å². The van der Waals surface area contributed by atoms with Gasteiger partial charge >= 0.3 is 6.18 Å². The minimum atomic E-state index is -4.09. The summed E-state index contributed by atoms with van der Waals surface area (Å²) in [6.07, 6.45) is -1.49. The topological polar surface area (TPSA) is 39.7 Å². The van der Waals surface area contributed by atoms with Gasteiger partial charge in [0.05, 0.1) is 13.1 Å². The van der Waals surface area contributed by atoms with E-state index in [4.69, 9.17) is 0 Å². The van der Waals surface area contributed by atoms with Gasteiger partial charge in [0.15, 0.2) is 5.96 Å². The summed E-state index contributed by atoms with van der Waals surface area (Å²) < 4.78 is 37.3. The maximum Gasteiger partial charge on any atom is 0.401 e. The second kappa shape index (κ2) is 12.5. The predicted octanol–water partition coefficient (Wildman–Crippen LogP) is 4.33. The van der Waals surface area contributed by atoms with E-state index in [1.54, 1.807) is 0 Å². The number of likely N-dealkylation sites (tertiary alicyclic amines) is 1. The lowest BCUT2D eigenvalue weighted by Crippen LogP contribution is -2.41. The monoisotopic (exact) mass is 512 g/mol. The Balaban J connectivity index is 0.00000392. The highest BCUT2D eigenvalue weighted by molar-refractivity contribution is 14.0. The van der Waals surface area contributed by atoms with Crippen LogP contribution in [-0.4, -0.2) is 49.8 Å². The third-order valence-corrected chi connectivity index (χ3v) is 4.97. The van der Waals surface area contributed by atoms with Gasteiger partial charge in [-0.15, -0.1) is 24.0 Å². The molecular weight excluding hydrogens is 480 g/mol. The number of benzene rings is 1. The summed E-state index contributed by atoms with van der Waals surface area (Å²) in [5.74, 6) is 1.26. The fourth-order valence-electron chi connectivity index (χ4n) is 3.37. The van der Waals surface area contributed by atoms with Crippen LogP contribution in [0, 0.1) is 12.8 Å². The van der Waals surface area contributed by atoms with Crippen LogP contribution in [0.15, 0.2) is 29.3 Å². The van der Waals surface area contributed by atoms with Gasteiger partial charge in [0.1, 0.15) is 0 Å². The summed E-state index contributed by atoms with van der Waals surface area (Å²) in [6, 6.07) is 8.20. The second-order valence-electron chi connectivity index (χ2n) is 7.17. The molecule has 0 atom stereocenters. The number of rotatable bonds is 7. The zero-order valence-corrected chi connectivity index (χ0v) is 19.0. The first-order valence-electron chi connectivity index (χ1n) is 9.73. The Morgan fingerprint density at radius 3 is 2.46 bits per heavy atom. The molecule has 1 heterocycles. The highest BCUT2D eigenvalue weighted by Crippen LogP contribution is 2.23. The zero-order chi connectivity index (χ0) is 19.7. The van der Waals surface area contributed by atoms with Crippen molar-refractivity contribution in [2.45, 2.75) is 45.8 Å². The van der Waals surface area contributed by atoms with Crippen LogP contribution in [0.1, 0.15) is 37.3 Å². The predicted molar refractivity (Wildman–Crippen MR) is 119 cm³/mol. The molecule has 1 aromatic rings. The highest BCUT2D eigenvalue weighted by Gasteiger charge is 2.32. The van der Waals surface area contributed by atoms with Crippen LogP contribution in [0.2, 0.25) is 0 Å². The fourth-order valence-corrected chi connectivity index (χ4v) is 3.37. The van der Waals surface area contributed by atoms with Gasteiger partial charge in [0.25, 0.3) is 0 Å². The van der Waals surface area contributed by atoms with Crippen LogP contribution < -0.4 is 10.6 Å². The summed E-state index contributed by atoms with van der Waals surface area (Å²) in [6.45, 7) is 6.58. The van der Waals surface area contributed by atoms with Crippen molar-refractivity contribution in [3.63, 3.8) is 0 Å². The van der Waals surface area contributed by atoms with E-state index in [0.29, 0.717) is 25.6 Å². The molecule has 0 radical (unpaired) electrons. The first kappa shape index (κ1) is 25.0. The highest BCUT2D eigenvalue weighted by atomic mass is 127. The molecule has 8 heteroatoms. The Morgan fingerprint density at radius 2 is 1.86 bits per heavy atom. The third-order valence-electron chi connectivity index (χ3n) is 4.97. The lowest BCUT2D eigenvalue weighted by molar-refractivity contribution is -0.148. The summed E-state index contributed by atoms with van der Waals surface area (Å²) in [4.78, 5) is 6.15. The van der Waals surface area contributed by atoms with Gasteiger partial charge in [-0.1, -0.05) is 24.3 Å². The number of aliphatic imine (C=N–C) groups is 1. The second-order valence-corrected chi connectivity index (χ2v) is 7.17. The maximum atomic E-state index is 12.4. The molecule has 2 N–H and O–H groups in total. The van der Waals surface area contributed by atoms with Crippen molar-refractivity contribution < 1.29 is 13.2 Å². The smallest absolute Gasteiger partial charge is 0.357 e. The number of aryl methyl sites for hydroxylation is 1. The van der Waals surface area contributed by atoms with Crippen molar-refractivity contribution in [3.05, 3.63) is 35.4 Å². The average molecular weight is 512 g/mol. The van der Waals surface area contributed by atoms with E-state index >= 15 is 0 Å². The van der Waals surface area contributed by atoms with E-state index in [1.165, 1.54) is 16.0 Å². The molecule has 0 unspecified atom stereocenters. The van der Waals surface area contributed by atoms with Crippen molar-refractivity contribution in [2.24, 2.45) is 10.9 Å². The van der Waals surface area contributed by atoms with E-state index < -0.39 is 12.7 Å². The van der Waals surface area contributed by atoms with E-state index in [-0.39, 0.29) is 24.0 Å². The molecule has 0 amide bonds. The SMILES string of the molecule is CCNC(=NCc1ccccc1C)NCCC1CCN(CC(F)(F)F)CC1.I. The minimum Gasteiger partial charge on any atom is -0.357 e. The maximum absolute atomic E-state index is 12.4. The molecule has 160 valence electrons. The summed E-state index contributed by atoms with van der Waals surface area (Å²) >= 11 is 0. The molecule has 1 fully saturated rings. The lowest BCUT2D eigenvalue weighted by Gasteiger charge is -2.32. The summed E-state index contributed by atoms with van der Waals surface area (Å²) in [5, 5.41) is 6.60. The molecule has 0 aromatic heterocycles. The van der Waals surface area contributed by atoms with E-state index in [0.717, 1.165) is 38.3 Å². The van der Waals surface area contributed by atoms with Crippen LogP contribution >= 0.6 is 24.0 Å². The molecular formula is C20H32F3IN4. The van der Waals surface area contributed by atoms with Gasteiger partial charge in [0, 0.05) is 13.1 Å². The van der Waals surface area contributed by atoms with Gasteiger partial charge in [-0.25, -0.2) is 4.99 Å². The van der Waals surface area contributed by atoms with Crippen LogP contribution in [0.5, 0.6) is 0 Å². The first-order valence-corrected chi connectivity index (χ1v) is 9.73. The Labute approximate surface area is 183 Å². The van der Waals surface area contributed by atoms with Crippen molar-refractivity contribution in [3.8, 4) is 0 Å². The molecule has 1 aliphatic rings. The number of hydrogen-bond acceptors (Lipinski definition) is 2. The van der Waals surface area contributed by atoms with Crippen LogP contribution in [-0.2, 0) is 6.54 Å². The van der Waals surface area contributed by atoms with E-state index in [2.05, 4.69) is 34.7 Å². The molecule has 0 aliphatic carbocycles. The Hall–Kier alpha value is -1.03. The molecule has 0 saturated carbocycles. The molecule has 2 rings (SSSR count). The standard InChI is InChI=1S/C20H31F3N4.HI/c1-3-24-19(26-14-18-7-5-4-6-16(18)2)25-11-8-17-9-12-27(13-10-17)15-20(21,22)23;/h4-7,17H,3,8-15H2,1-2H3,(H2,24,25,26);1H. The average Bonchev–Trinajstić information content (AvgIpc) is 2.61. The van der Waals surface area contributed by atoms with Crippen molar-refractivity contribution in [1.82, 2.24) is 15.5 Å². The summed E-state index contributed by atoms with van der Waals surface area (Å²) in [5.41, 5.74) is 2.43. The fraction of sp³-hybridized carbons (Fsp3) is 0.650. The van der Waals surface area contributed by atoms with Gasteiger partial charge in [-0.2, -0.15) is 13.2 Å². The Bertz CT molecular complexity index is 599. The number of hydrogen-bond donors (Lipinski definition) is 2. The third kappa shape index (κ3) is 9.45. The quantitative estimate of drug-likeness (QED) is 0.325. The number of nitrogens with one attached hydrogen (secondary N) is 2. The lowest BCUT2D eigenvalue weighted by atomic mass is 9.93. The number of nitrogens with zero attached hydrogens (tertiary/aromatic N) is 2. The molecule has 0 bridgehead atoms. The van der Waals surface area contributed by atoms with Crippen LogP contribution in [0.25, 0.3) is 0 Å². The molecule has 1 aliphatic heterocycles. The normalized spacial score (nSPS) is 16.5. The first-order chi connectivity index (χ1) is 12.9. The molecule has 28 heavy (non-hydrogen) atoms. The zero-order valence-electron chi connectivity index (χ0n) is 16.7. The number of guanidine groups is 1. The van der Waals surface area contributed by atoms with Crippen molar-refractivity contribution in [1.29, 1.82) is 0 Å².